The van der Waals surface area contributed by atoms with Gasteiger partial charge in [0.15, 0.2) is 0 Å². The number of halogens is 1. The van der Waals surface area contributed by atoms with Crippen molar-refractivity contribution in [2.24, 2.45) is 0 Å². The normalized spacial score (nSPS) is 20.4. The number of rotatable bonds is 1. The molecule has 1 aliphatic heterocycles. The Morgan fingerprint density at radius 1 is 1.47 bits per heavy atom. The molecule has 7 heteroatoms. The summed E-state index contributed by atoms with van der Waals surface area (Å²) in [5.41, 5.74) is 0.506. The summed E-state index contributed by atoms with van der Waals surface area (Å²) in [5, 5.41) is 2.84. The number of carbonyl (C=O) groups excluding carboxylic acids is 1. The molecule has 1 N–H and O–H groups in total. The Labute approximate surface area is 108 Å². The highest BCUT2D eigenvalue weighted by atomic mass is 35.7. The molecule has 0 bridgehead atoms. The van der Waals surface area contributed by atoms with Crippen molar-refractivity contribution >= 4 is 43.1 Å². The Hall–Kier alpha value is -0.720. The lowest BCUT2D eigenvalue weighted by molar-refractivity contribution is -0.116. The summed E-state index contributed by atoms with van der Waals surface area (Å²) in [5.74, 6) is -0.118. The van der Waals surface area contributed by atoms with Crippen LogP contribution in [0.5, 0.6) is 0 Å². The van der Waals surface area contributed by atoms with Crippen LogP contribution in [0.25, 0.3) is 0 Å². The Morgan fingerprint density at radius 3 is 2.82 bits per heavy atom. The van der Waals surface area contributed by atoms with Crippen LogP contribution in [0.2, 0.25) is 0 Å². The number of nitrogens with one attached hydrogen (secondary N) is 1. The number of benzene rings is 1. The standard InChI is InChI=1S/C10H10ClNO3S2/c1-6-4-10(13)12-8-5-7(17(11,14)15)2-3-9(8)16-6/h2-3,5-6H,4H2,1H3,(H,12,13). The molecule has 1 amide bonds. The topological polar surface area (TPSA) is 63.2 Å². The van der Waals surface area contributed by atoms with E-state index in [1.165, 1.54) is 23.9 Å². The summed E-state index contributed by atoms with van der Waals surface area (Å²) in [4.78, 5) is 12.4. The fourth-order valence-corrected chi connectivity index (χ4v) is 3.41. The Bertz CT molecular complexity index is 571. The zero-order valence-electron chi connectivity index (χ0n) is 8.94. The monoisotopic (exact) mass is 291 g/mol. The van der Waals surface area contributed by atoms with Crippen molar-refractivity contribution < 1.29 is 13.2 Å². The molecule has 1 aromatic carbocycles. The molecule has 0 spiro atoms. The number of carbonyl (C=O) groups is 1. The van der Waals surface area contributed by atoms with Crippen molar-refractivity contribution in [2.45, 2.75) is 28.4 Å². The van der Waals surface area contributed by atoms with Gasteiger partial charge in [0.25, 0.3) is 9.05 Å². The number of hydrogen-bond donors (Lipinski definition) is 1. The van der Waals surface area contributed by atoms with Gasteiger partial charge in [-0.05, 0) is 18.2 Å². The predicted molar refractivity (Wildman–Crippen MR) is 68.0 cm³/mol. The third kappa shape index (κ3) is 2.94. The van der Waals surface area contributed by atoms with E-state index in [4.69, 9.17) is 10.7 Å². The molecular weight excluding hydrogens is 282 g/mol. The third-order valence-electron chi connectivity index (χ3n) is 2.31. The van der Waals surface area contributed by atoms with Crippen LogP contribution in [0.15, 0.2) is 28.0 Å². The summed E-state index contributed by atoms with van der Waals surface area (Å²) < 4.78 is 22.4. The van der Waals surface area contributed by atoms with Crippen LogP contribution in [0.3, 0.4) is 0 Å². The summed E-state index contributed by atoms with van der Waals surface area (Å²) in [6, 6.07) is 4.50. The smallest absolute Gasteiger partial charge is 0.261 e. The first-order valence-corrected chi connectivity index (χ1v) is 8.10. The highest BCUT2D eigenvalue weighted by Crippen LogP contribution is 2.36. The van der Waals surface area contributed by atoms with Crippen molar-refractivity contribution in [3.05, 3.63) is 18.2 Å². The van der Waals surface area contributed by atoms with Crippen LogP contribution in [0, 0.1) is 0 Å². The van der Waals surface area contributed by atoms with E-state index in [9.17, 15) is 13.2 Å². The maximum atomic E-state index is 11.5. The second-order valence-corrected chi connectivity index (χ2v) is 7.82. The van der Waals surface area contributed by atoms with E-state index in [0.717, 1.165) is 4.90 Å². The summed E-state index contributed by atoms with van der Waals surface area (Å²) >= 11 is 1.53. The SMILES string of the molecule is CC1CC(=O)Nc2cc(S(=O)(=O)Cl)ccc2S1. The van der Waals surface area contributed by atoms with Crippen LogP contribution < -0.4 is 5.32 Å². The van der Waals surface area contributed by atoms with E-state index in [-0.39, 0.29) is 16.1 Å². The molecule has 1 heterocycles. The third-order valence-corrected chi connectivity index (χ3v) is 4.84. The van der Waals surface area contributed by atoms with Crippen molar-refractivity contribution in [1.29, 1.82) is 0 Å². The van der Waals surface area contributed by atoms with E-state index in [1.54, 1.807) is 6.07 Å². The minimum absolute atomic E-state index is 0.00614. The van der Waals surface area contributed by atoms with Crippen molar-refractivity contribution in [1.82, 2.24) is 0 Å². The molecule has 2 rings (SSSR count). The van der Waals surface area contributed by atoms with Gasteiger partial charge in [0.2, 0.25) is 5.91 Å². The zero-order valence-corrected chi connectivity index (χ0v) is 11.3. The van der Waals surface area contributed by atoms with Crippen molar-refractivity contribution in [2.75, 3.05) is 5.32 Å². The fourth-order valence-electron chi connectivity index (χ4n) is 1.58. The second kappa shape index (κ2) is 4.51. The van der Waals surface area contributed by atoms with Gasteiger partial charge in [-0.1, -0.05) is 6.92 Å². The van der Waals surface area contributed by atoms with Gasteiger partial charge in [-0.15, -0.1) is 11.8 Å². The summed E-state index contributed by atoms with van der Waals surface area (Å²) in [6.45, 7) is 1.95. The van der Waals surface area contributed by atoms with Crippen LogP contribution in [-0.4, -0.2) is 19.6 Å². The van der Waals surface area contributed by atoms with Crippen molar-refractivity contribution in [3.8, 4) is 0 Å². The van der Waals surface area contributed by atoms with E-state index < -0.39 is 9.05 Å². The van der Waals surface area contributed by atoms with Crippen LogP contribution in [-0.2, 0) is 13.8 Å². The lowest BCUT2D eigenvalue weighted by Gasteiger charge is -2.08. The van der Waals surface area contributed by atoms with E-state index in [2.05, 4.69) is 5.32 Å². The molecule has 0 aliphatic carbocycles. The van der Waals surface area contributed by atoms with Gasteiger partial charge in [-0.2, -0.15) is 0 Å². The van der Waals surface area contributed by atoms with Crippen LogP contribution in [0.1, 0.15) is 13.3 Å². The molecule has 17 heavy (non-hydrogen) atoms. The molecule has 0 radical (unpaired) electrons. The Kier molecular flexibility index (Phi) is 3.38. The number of hydrogen-bond acceptors (Lipinski definition) is 4. The van der Waals surface area contributed by atoms with Crippen molar-refractivity contribution in [3.63, 3.8) is 0 Å². The first-order chi connectivity index (χ1) is 7.86. The molecule has 0 aromatic heterocycles. The highest BCUT2D eigenvalue weighted by Gasteiger charge is 2.21. The van der Waals surface area contributed by atoms with Crippen LogP contribution in [0.4, 0.5) is 5.69 Å². The Morgan fingerprint density at radius 2 is 2.18 bits per heavy atom. The average Bonchev–Trinajstić information content (AvgIpc) is 2.31. The zero-order chi connectivity index (χ0) is 12.6. The number of amides is 1. The van der Waals surface area contributed by atoms with E-state index in [0.29, 0.717) is 12.1 Å². The molecule has 0 saturated heterocycles. The van der Waals surface area contributed by atoms with Gasteiger partial charge < -0.3 is 5.32 Å². The number of thioether (sulfide) groups is 1. The maximum absolute atomic E-state index is 11.5. The maximum Gasteiger partial charge on any atom is 0.261 e. The molecule has 1 aromatic rings. The minimum atomic E-state index is -3.77. The molecule has 1 atom stereocenters. The van der Waals surface area contributed by atoms with Gasteiger partial charge in [0.05, 0.1) is 10.6 Å². The van der Waals surface area contributed by atoms with Gasteiger partial charge in [-0.25, -0.2) is 8.42 Å². The van der Waals surface area contributed by atoms with Gasteiger partial charge in [0.1, 0.15) is 0 Å². The Balaban J connectivity index is 2.49. The predicted octanol–water partition coefficient (Wildman–Crippen LogP) is 2.44. The van der Waals surface area contributed by atoms with Gasteiger partial charge in [0, 0.05) is 27.2 Å². The molecule has 4 nitrogen and oxygen atoms in total. The molecule has 92 valence electrons. The first kappa shape index (κ1) is 12.7. The largest absolute Gasteiger partial charge is 0.325 e. The lowest BCUT2D eigenvalue weighted by atomic mass is 10.3. The average molecular weight is 292 g/mol. The number of fused-ring (bicyclic) bond motifs is 1. The molecular formula is C10H10ClNO3S2. The van der Waals surface area contributed by atoms with Gasteiger partial charge in [-0.3, -0.25) is 4.79 Å². The quantitative estimate of drug-likeness (QED) is 0.807. The second-order valence-electron chi connectivity index (χ2n) is 3.78. The minimum Gasteiger partial charge on any atom is -0.325 e. The fraction of sp³-hybridized carbons (Fsp3) is 0.300. The molecule has 1 unspecified atom stereocenters. The molecule has 1 aliphatic rings. The summed E-state index contributed by atoms with van der Waals surface area (Å²) in [6.07, 6.45) is 0.405. The molecule has 0 saturated carbocycles. The van der Waals surface area contributed by atoms with E-state index >= 15 is 0 Å². The van der Waals surface area contributed by atoms with Crippen LogP contribution >= 0.6 is 22.4 Å². The number of anilines is 1. The highest BCUT2D eigenvalue weighted by molar-refractivity contribution is 8.13. The molecule has 0 fully saturated rings. The first-order valence-electron chi connectivity index (χ1n) is 4.91. The van der Waals surface area contributed by atoms with E-state index in [1.807, 2.05) is 6.92 Å². The van der Waals surface area contributed by atoms with Gasteiger partial charge >= 0.3 is 0 Å². The lowest BCUT2D eigenvalue weighted by Crippen LogP contribution is -2.13. The summed E-state index contributed by atoms with van der Waals surface area (Å²) in [7, 11) is 1.49.